The normalized spacial score (nSPS) is 10.7. The van der Waals surface area contributed by atoms with Gasteiger partial charge in [-0.3, -0.25) is 4.68 Å². The Morgan fingerprint density at radius 1 is 1.35 bits per heavy atom. The quantitative estimate of drug-likeness (QED) is 0.786. The molecule has 0 unspecified atom stereocenters. The summed E-state index contributed by atoms with van der Waals surface area (Å²) in [5.74, 6) is 0.767. The fourth-order valence-electron chi connectivity index (χ4n) is 1.87. The van der Waals surface area contributed by atoms with E-state index in [2.05, 4.69) is 42.3 Å². The van der Waals surface area contributed by atoms with Gasteiger partial charge >= 0.3 is 0 Å². The molecule has 0 aliphatic rings. The Kier molecular flexibility index (Phi) is 4.99. The van der Waals surface area contributed by atoms with E-state index < -0.39 is 0 Å². The molecule has 0 amide bonds. The zero-order valence-corrected chi connectivity index (χ0v) is 15.2. The van der Waals surface area contributed by atoms with Crippen molar-refractivity contribution >= 4 is 49.1 Å². The first-order valence-corrected chi connectivity index (χ1v) is 7.85. The summed E-state index contributed by atoms with van der Waals surface area (Å²) in [6, 6.07) is 3.86. The lowest BCUT2D eigenvalue weighted by Crippen LogP contribution is -2.06. The molecule has 0 aliphatic carbocycles. The fourth-order valence-corrected chi connectivity index (χ4v) is 3.40. The number of aromatic nitrogens is 2. The molecule has 0 bridgehead atoms. The van der Waals surface area contributed by atoms with Crippen molar-refractivity contribution in [1.82, 2.24) is 9.78 Å². The SMILES string of the molecule is COc1cc(NCc2c(Cl)c(C)nn2C)c(Br)cc1Br. The van der Waals surface area contributed by atoms with Crippen molar-refractivity contribution in [3.05, 3.63) is 37.5 Å². The number of methoxy groups -OCH3 is 1. The summed E-state index contributed by atoms with van der Waals surface area (Å²) in [7, 11) is 3.52. The molecule has 2 aromatic rings. The van der Waals surface area contributed by atoms with Crippen LogP contribution in [0.4, 0.5) is 5.69 Å². The van der Waals surface area contributed by atoms with Crippen LogP contribution in [0.5, 0.6) is 5.75 Å². The first-order valence-electron chi connectivity index (χ1n) is 5.89. The molecule has 108 valence electrons. The minimum Gasteiger partial charge on any atom is -0.495 e. The molecule has 0 saturated carbocycles. The topological polar surface area (TPSA) is 39.1 Å². The van der Waals surface area contributed by atoms with Crippen molar-refractivity contribution in [2.45, 2.75) is 13.5 Å². The van der Waals surface area contributed by atoms with Crippen molar-refractivity contribution in [2.24, 2.45) is 7.05 Å². The summed E-state index contributed by atoms with van der Waals surface area (Å²) >= 11 is 13.2. The number of halogens is 3. The second-order valence-corrected chi connectivity index (χ2v) is 6.38. The van der Waals surface area contributed by atoms with Gasteiger partial charge in [0, 0.05) is 17.6 Å². The molecule has 0 atom stereocenters. The van der Waals surface area contributed by atoms with Gasteiger partial charge in [-0.1, -0.05) is 11.6 Å². The Morgan fingerprint density at radius 2 is 2.05 bits per heavy atom. The average Bonchev–Trinajstić information content (AvgIpc) is 2.63. The summed E-state index contributed by atoms with van der Waals surface area (Å²) in [6.07, 6.45) is 0. The van der Waals surface area contributed by atoms with E-state index in [4.69, 9.17) is 16.3 Å². The second-order valence-electron chi connectivity index (χ2n) is 4.29. The Labute approximate surface area is 139 Å². The minimum absolute atomic E-state index is 0.583. The Hall–Kier alpha value is -0.720. The lowest BCUT2D eigenvalue weighted by molar-refractivity contribution is 0.412. The van der Waals surface area contributed by atoms with Crippen LogP contribution in [0.2, 0.25) is 5.02 Å². The van der Waals surface area contributed by atoms with Gasteiger partial charge in [0.05, 0.1) is 40.2 Å². The monoisotopic (exact) mass is 421 g/mol. The van der Waals surface area contributed by atoms with Gasteiger partial charge in [0.15, 0.2) is 0 Å². The zero-order chi connectivity index (χ0) is 14.9. The van der Waals surface area contributed by atoms with E-state index in [1.807, 2.05) is 26.1 Å². The first-order chi connectivity index (χ1) is 9.43. The molecule has 7 heteroatoms. The summed E-state index contributed by atoms with van der Waals surface area (Å²) < 4.78 is 8.92. The number of anilines is 1. The maximum atomic E-state index is 6.24. The molecular formula is C13H14Br2ClN3O. The third-order valence-electron chi connectivity index (χ3n) is 2.95. The van der Waals surface area contributed by atoms with Gasteiger partial charge in [-0.2, -0.15) is 5.10 Å². The molecule has 1 N–H and O–H groups in total. The standard InChI is InChI=1S/C13H14Br2ClN3O/c1-7-13(16)11(19(2)18-7)6-17-10-5-12(20-3)9(15)4-8(10)14/h4-5,17H,6H2,1-3H3. The Bertz CT molecular complexity index is 643. The highest BCUT2D eigenvalue weighted by molar-refractivity contribution is 9.11. The van der Waals surface area contributed by atoms with Crippen molar-refractivity contribution in [1.29, 1.82) is 0 Å². The highest BCUT2D eigenvalue weighted by Gasteiger charge is 2.12. The number of hydrogen-bond donors (Lipinski definition) is 1. The van der Waals surface area contributed by atoms with Gasteiger partial charge in [0.25, 0.3) is 0 Å². The molecule has 0 radical (unpaired) electrons. The summed E-state index contributed by atoms with van der Waals surface area (Å²) in [6.45, 7) is 2.48. The number of aryl methyl sites for hydroxylation is 2. The Morgan fingerprint density at radius 3 is 2.60 bits per heavy atom. The van der Waals surface area contributed by atoms with Gasteiger partial charge in [-0.25, -0.2) is 0 Å². The molecule has 4 nitrogen and oxygen atoms in total. The molecule has 1 aromatic carbocycles. The first kappa shape index (κ1) is 15.7. The minimum atomic E-state index is 0.583. The van der Waals surface area contributed by atoms with E-state index in [0.717, 1.165) is 31.8 Å². The van der Waals surface area contributed by atoms with Crippen LogP contribution in [0.1, 0.15) is 11.4 Å². The zero-order valence-electron chi connectivity index (χ0n) is 11.3. The molecule has 0 aliphatic heterocycles. The third-order valence-corrected chi connectivity index (χ3v) is 4.72. The maximum Gasteiger partial charge on any atom is 0.135 e. The maximum absolute atomic E-state index is 6.24. The van der Waals surface area contributed by atoms with Crippen LogP contribution in [-0.2, 0) is 13.6 Å². The fraction of sp³-hybridized carbons (Fsp3) is 0.308. The van der Waals surface area contributed by atoms with E-state index in [1.54, 1.807) is 11.8 Å². The molecule has 1 heterocycles. The molecule has 0 spiro atoms. The van der Waals surface area contributed by atoms with E-state index in [-0.39, 0.29) is 0 Å². The van der Waals surface area contributed by atoms with Gasteiger partial charge in [0.2, 0.25) is 0 Å². The van der Waals surface area contributed by atoms with Crippen LogP contribution < -0.4 is 10.1 Å². The number of ether oxygens (including phenoxy) is 1. The third kappa shape index (κ3) is 3.13. The molecule has 20 heavy (non-hydrogen) atoms. The summed E-state index contributed by atoms with van der Waals surface area (Å²) in [4.78, 5) is 0. The average molecular weight is 424 g/mol. The van der Waals surface area contributed by atoms with Crippen molar-refractivity contribution in [3.8, 4) is 5.75 Å². The number of benzene rings is 1. The molecular weight excluding hydrogens is 409 g/mol. The van der Waals surface area contributed by atoms with E-state index in [9.17, 15) is 0 Å². The van der Waals surface area contributed by atoms with Crippen LogP contribution in [-0.4, -0.2) is 16.9 Å². The van der Waals surface area contributed by atoms with Crippen LogP contribution in [0.15, 0.2) is 21.1 Å². The van der Waals surface area contributed by atoms with Gasteiger partial charge < -0.3 is 10.1 Å². The molecule has 0 saturated heterocycles. The number of hydrogen-bond acceptors (Lipinski definition) is 3. The lowest BCUT2D eigenvalue weighted by atomic mass is 10.3. The smallest absolute Gasteiger partial charge is 0.135 e. The Balaban J connectivity index is 2.23. The van der Waals surface area contributed by atoms with E-state index in [1.165, 1.54) is 0 Å². The van der Waals surface area contributed by atoms with Crippen molar-refractivity contribution < 1.29 is 4.74 Å². The number of rotatable bonds is 4. The van der Waals surface area contributed by atoms with Gasteiger partial charge in [0.1, 0.15) is 5.75 Å². The summed E-state index contributed by atoms with van der Waals surface area (Å²) in [5.41, 5.74) is 2.70. The van der Waals surface area contributed by atoms with Crippen LogP contribution >= 0.6 is 43.5 Å². The number of nitrogens with one attached hydrogen (secondary N) is 1. The van der Waals surface area contributed by atoms with E-state index >= 15 is 0 Å². The lowest BCUT2D eigenvalue weighted by Gasteiger charge is -2.12. The predicted molar refractivity (Wildman–Crippen MR) is 88.7 cm³/mol. The van der Waals surface area contributed by atoms with Crippen LogP contribution in [0.25, 0.3) is 0 Å². The van der Waals surface area contributed by atoms with Gasteiger partial charge in [-0.05, 0) is 44.8 Å². The van der Waals surface area contributed by atoms with Crippen molar-refractivity contribution in [2.75, 3.05) is 12.4 Å². The van der Waals surface area contributed by atoms with Gasteiger partial charge in [-0.15, -0.1) is 0 Å². The predicted octanol–water partition coefficient (Wildman–Crippen LogP) is 4.53. The molecule has 1 aromatic heterocycles. The van der Waals surface area contributed by atoms with E-state index in [0.29, 0.717) is 11.6 Å². The largest absolute Gasteiger partial charge is 0.495 e. The molecule has 2 rings (SSSR count). The summed E-state index contributed by atoms with van der Waals surface area (Å²) in [5, 5.41) is 8.32. The highest BCUT2D eigenvalue weighted by atomic mass is 79.9. The molecule has 0 fully saturated rings. The second kappa shape index (κ2) is 6.37. The van der Waals surface area contributed by atoms with Crippen LogP contribution in [0, 0.1) is 6.92 Å². The highest BCUT2D eigenvalue weighted by Crippen LogP contribution is 2.35. The number of nitrogens with zero attached hydrogens (tertiary/aromatic N) is 2. The van der Waals surface area contributed by atoms with Crippen LogP contribution in [0.3, 0.4) is 0 Å². The van der Waals surface area contributed by atoms with Crippen molar-refractivity contribution in [3.63, 3.8) is 0 Å².